The van der Waals surface area contributed by atoms with E-state index in [2.05, 4.69) is 15.0 Å². The highest BCUT2D eigenvalue weighted by atomic mass is 32.2. The highest BCUT2D eigenvalue weighted by Crippen LogP contribution is 2.02. The molecule has 0 saturated heterocycles. The minimum Gasteiger partial charge on any atom is -0.339 e. The number of nitrogens with one attached hydrogen (secondary N) is 2. The van der Waals surface area contributed by atoms with Crippen LogP contribution in [-0.2, 0) is 17.1 Å². The smallest absolute Gasteiger partial charge is 0.259 e. The van der Waals surface area contributed by atoms with Gasteiger partial charge in [0.05, 0.1) is 6.33 Å². The summed E-state index contributed by atoms with van der Waals surface area (Å²) in [4.78, 5) is 3.79. The van der Waals surface area contributed by atoms with Crippen LogP contribution in [0, 0.1) is 0 Å². The van der Waals surface area contributed by atoms with Crippen molar-refractivity contribution in [2.75, 3.05) is 13.1 Å². The molecule has 7 heteroatoms. The van der Waals surface area contributed by atoms with Gasteiger partial charge in [-0.15, -0.1) is 0 Å². The van der Waals surface area contributed by atoms with Gasteiger partial charge >= 0.3 is 0 Å². The molecule has 0 bridgehead atoms. The Morgan fingerprint density at radius 3 is 2.62 bits per heavy atom. The van der Waals surface area contributed by atoms with Gasteiger partial charge < -0.3 is 9.88 Å². The van der Waals surface area contributed by atoms with Gasteiger partial charge in [0, 0.05) is 32.4 Å². The topological polar surface area (TPSA) is 76.0 Å². The first kappa shape index (κ1) is 13.1. The second-order valence-corrected chi connectivity index (χ2v) is 5.60. The molecule has 0 radical (unpaired) electrons. The van der Waals surface area contributed by atoms with Crippen molar-refractivity contribution in [2.24, 2.45) is 7.05 Å². The van der Waals surface area contributed by atoms with Gasteiger partial charge in [-0.3, -0.25) is 0 Å². The fourth-order valence-corrected chi connectivity index (χ4v) is 2.16. The molecule has 0 unspecified atom stereocenters. The van der Waals surface area contributed by atoms with E-state index in [0.29, 0.717) is 19.1 Å². The van der Waals surface area contributed by atoms with Gasteiger partial charge in [-0.05, 0) is 0 Å². The van der Waals surface area contributed by atoms with Crippen molar-refractivity contribution in [1.82, 2.24) is 19.6 Å². The Balaban J connectivity index is 2.47. The molecule has 0 saturated carbocycles. The molecule has 2 N–H and O–H groups in total. The maximum absolute atomic E-state index is 11.7. The van der Waals surface area contributed by atoms with Crippen LogP contribution in [-0.4, -0.2) is 37.1 Å². The van der Waals surface area contributed by atoms with E-state index < -0.39 is 10.0 Å². The molecule has 1 aromatic rings. The third-order valence-corrected chi connectivity index (χ3v) is 3.27. The van der Waals surface area contributed by atoms with Crippen LogP contribution >= 0.6 is 0 Å². The van der Waals surface area contributed by atoms with Crippen LogP contribution in [0.3, 0.4) is 0 Å². The fraction of sp³-hybridized carbons (Fsp3) is 0.667. The van der Waals surface area contributed by atoms with E-state index in [9.17, 15) is 8.42 Å². The third-order valence-electron chi connectivity index (χ3n) is 1.93. The second kappa shape index (κ2) is 5.42. The van der Waals surface area contributed by atoms with Crippen LogP contribution in [0.25, 0.3) is 0 Å². The van der Waals surface area contributed by atoms with E-state index in [0.717, 1.165) is 0 Å². The van der Waals surface area contributed by atoms with E-state index in [4.69, 9.17) is 0 Å². The monoisotopic (exact) mass is 246 g/mol. The third kappa shape index (κ3) is 3.92. The summed E-state index contributed by atoms with van der Waals surface area (Å²) in [7, 11) is -1.73. The molecule has 0 aliphatic heterocycles. The van der Waals surface area contributed by atoms with Gasteiger partial charge in [0.25, 0.3) is 10.0 Å². The molecule has 0 amide bonds. The van der Waals surface area contributed by atoms with Crippen LogP contribution in [0.5, 0.6) is 0 Å². The minimum absolute atomic E-state index is 0.0551. The van der Waals surface area contributed by atoms with Gasteiger partial charge in [0.1, 0.15) is 0 Å². The predicted molar refractivity (Wildman–Crippen MR) is 61.5 cm³/mol. The molecular formula is C9H18N4O2S. The van der Waals surface area contributed by atoms with Crippen molar-refractivity contribution in [3.63, 3.8) is 0 Å². The average Bonchev–Trinajstić information content (AvgIpc) is 2.60. The van der Waals surface area contributed by atoms with Gasteiger partial charge in [0.15, 0.2) is 5.03 Å². The van der Waals surface area contributed by atoms with E-state index in [-0.39, 0.29) is 5.03 Å². The number of imidazole rings is 1. The van der Waals surface area contributed by atoms with Crippen LogP contribution in [0.15, 0.2) is 17.6 Å². The molecule has 0 aliphatic rings. The maximum Gasteiger partial charge on any atom is 0.259 e. The van der Waals surface area contributed by atoms with Gasteiger partial charge in [0.2, 0.25) is 0 Å². The normalized spacial score (nSPS) is 12.2. The molecular weight excluding hydrogens is 228 g/mol. The molecule has 92 valence electrons. The van der Waals surface area contributed by atoms with Crippen molar-refractivity contribution in [2.45, 2.75) is 24.9 Å². The van der Waals surface area contributed by atoms with E-state index in [1.54, 1.807) is 11.6 Å². The number of hydrogen-bond donors (Lipinski definition) is 2. The Morgan fingerprint density at radius 2 is 2.12 bits per heavy atom. The van der Waals surface area contributed by atoms with Crippen molar-refractivity contribution in [1.29, 1.82) is 0 Å². The number of sulfonamides is 1. The molecule has 0 atom stereocenters. The maximum atomic E-state index is 11.7. The second-order valence-electron chi connectivity index (χ2n) is 3.88. The zero-order chi connectivity index (χ0) is 12.2. The van der Waals surface area contributed by atoms with Crippen LogP contribution < -0.4 is 10.0 Å². The van der Waals surface area contributed by atoms with Crippen molar-refractivity contribution in [3.05, 3.63) is 12.5 Å². The first-order valence-electron chi connectivity index (χ1n) is 5.13. The number of hydrogen-bond acceptors (Lipinski definition) is 4. The Morgan fingerprint density at radius 1 is 1.44 bits per heavy atom. The number of aryl methyl sites for hydroxylation is 1. The largest absolute Gasteiger partial charge is 0.339 e. The Kier molecular flexibility index (Phi) is 4.45. The number of nitrogens with zero attached hydrogens (tertiary/aromatic N) is 2. The summed E-state index contributed by atoms with van der Waals surface area (Å²) in [5, 5.41) is 3.18. The molecule has 0 fully saturated rings. The zero-order valence-corrected chi connectivity index (χ0v) is 10.6. The van der Waals surface area contributed by atoms with Crippen LogP contribution in [0.4, 0.5) is 0 Å². The van der Waals surface area contributed by atoms with Gasteiger partial charge in [-0.25, -0.2) is 18.1 Å². The number of rotatable bonds is 6. The van der Waals surface area contributed by atoms with Crippen molar-refractivity contribution >= 4 is 10.0 Å². The average molecular weight is 246 g/mol. The molecule has 1 rings (SSSR count). The summed E-state index contributed by atoms with van der Waals surface area (Å²) < 4.78 is 27.4. The van der Waals surface area contributed by atoms with Crippen LogP contribution in [0.2, 0.25) is 0 Å². The summed E-state index contributed by atoms with van der Waals surface area (Å²) in [5.41, 5.74) is 0. The van der Waals surface area contributed by atoms with E-state index in [1.807, 2.05) is 13.8 Å². The lowest BCUT2D eigenvalue weighted by atomic mass is 10.4. The highest BCUT2D eigenvalue weighted by molar-refractivity contribution is 7.89. The Bertz CT molecular complexity index is 424. The Hall–Kier alpha value is -0.920. The Labute approximate surface area is 96.1 Å². The summed E-state index contributed by atoms with van der Waals surface area (Å²) >= 11 is 0. The molecule has 0 aromatic carbocycles. The molecule has 0 aliphatic carbocycles. The molecule has 6 nitrogen and oxygen atoms in total. The molecule has 1 aromatic heterocycles. The quantitative estimate of drug-likeness (QED) is 0.676. The summed E-state index contributed by atoms with van der Waals surface area (Å²) in [6, 6.07) is 0.347. The van der Waals surface area contributed by atoms with E-state index >= 15 is 0 Å². The number of aromatic nitrogens is 2. The lowest BCUT2D eigenvalue weighted by Gasteiger charge is -2.08. The summed E-state index contributed by atoms with van der Waals surface area (Å²) in [6.07, 6.45) is 2.93. The van der Waals surface area contributed by atoms with Gasteiger partial charge in [-0.2, -0.15) is 0 Å². The predicted octanol–water partition coefficient (Wildman–Crippen LogP) is -0.304. The molecule has 1 heterocycles. The minimum atomic E-state index is -3.46. The molecule has 0 spiro atoms. The highest BCUT2D eigenvalue weighted by Gasteiger charge is 2.15. The van der Waals surface area contributed by atoms with Crippen LogP contribution in [0.1, 0.15) is 13.8 Å². The van der Waals surface area contributed by atoms with E-state index in [1.165, 1.54) is 12.5 Å². The van der Waals surface area contributed by atoms with Crippen molar-refractivity contribution < 1.29 is 8.42 Å². The summed E-state index contributed by atoms with van der Waals surface area (Å²) in [5.74, 6) is 0. The lowest BCUT2D eigenvalue weighted by Crippen LogP contribution is -2.34. The van der Waals surface area contributed by atoms with Gasteiger partial charge in [-0.1, -0.05) is 13.8 Å². The zero-order valence-electron chi connectivity index (χ0n) is 9.77. The summed E-state index contributed by atoms with van der Waals surface area (Å²) in [6.45, 7) is 4.97. The fourth-order valence-electron chi connectivity index (χ4n) is 1.15. The first-order chi connectivity index (χ1) is 7.42. The first-order valence-corrected chi connectivity index (χ1v) is 6.61. The molecule has 16 heavy (non-hydrogen) atoms. The lowest BCUT2D eigenvalue weighted by molar-refractivity contribution is 0.557. The van der Waals surface area contributed by atoms with Crippen molar-refractivity contribution in [3.8, 4) is 0 Å². The SMILES string of the molecule is CC(C)NCCNS(=O)(=O)c1cn(C)cn1. The standard InChI is InChI=1S/C9H18N4O2S/c1-8(2)10-4-5-12-16(14,15)9-6-13(3)7-11-9/h6-8,10,12H,4-5H2,1-3H3.